The van der Waals surface area contributed by atoms with Crippen molar-refractivity contribution in [3.05, 3.63) is 17.5 Å². The molecule has 1 unspecified atom stereocenters. The van der Waals surface area contributed by atoms with Gasteiger partial charge in [-0.2, -0.15) is 9.97 Å². The van der Waals surface area contributed by atoms with Gasteiger partial charge in [0.25, 0.3) is 0 Å². The number of aryl methyl sites for hydroxylation is 2. The van der Waals surface area contributed by atoms with Crippen molar-refractivity contribution in [2.24, 2.45) is 7.05 Å². The van der Waals surface area contributed by atoms with E-state index in [-0.39, 0.29) is 0 Å². The van der Waals surface area contributed by atoms with Crippen LogP contribution in [0.15, 0.2) is 6.20 Å². The highest BCUT2D eigenvalue weighted by Crippen LogP contribution is 2.31. The largest absolute Gasteiger partial charge is 0.481 e. The van der Waals surface area contributed by atoms with Crippen molar-refractivity contribution in [2.75, 3.05) is 7.11 Å². The quantitative estimate of drug-likeness (QED) is 0.911. The van der Waals surface area contributed by atoms with Gasteiger partial charge in [0.05, 0.1) is 18.7 Å². The van der Waals surface area contributed by atoms with Gasteiger partial charge in [-0.15, -0.1) is 0 Å². The predicted molar refractivity (Wildman–Crippen MR) is 70.5 cm³/mol. The molecule has 2 aromatic rings. The number of aromatic nitrogens is 3. The Morgan fingerprint density at radius 1 is 1.53 bits per heavy atom. The lowest BCUT2D eigenvalue weighted by atomic mass is 9.96. The highest BCUT2D eigenvalue weighted by molar-refractivity contribution is 5.89. The first-order valence-electron chi connectivity index (χ1n) is 6.09. The van der Waals surface area contributed by atoms with Gasteiger partial charge in [0.15, 0.2) is 0 Å². The highest BCUT2D eigenvalue weighted by Gasteiger charge is 2.24. The van der Waals surface area contributed by atoms with E-state index in [1.54, 1.807) is 0 Å². The minimum absolute atomic E-state index is 0.293. The molecule has 6 nitrogen and oxygen atoms in total. The van der Waals surface area contributed by atoms with Gasteiger partial charge >= 0.3 is 12.0 Å². The summed E-state index contributed by atoms with van der Waals surface area (Å²) in [4.78, 5) is 19.9. The van der Waals surface area contributed by atoms with Crippen molar-refractivity contribution in [1.82, 2.24) is 14.5 Å². The van der Waals surface area contributed by atoms with E-state index in [1.165, 1.54) is 7.11 Å². The molecule has 0 saturated carbocycles. The number of nitrogens with zero attached hydrogens (tertiary/aromatic N) is 3. The molecule has 0 fully saturated rings. The Hall–Kier alpha value is -2.11. The van der Waals surface area contributed by atoms with E-state index < -0.39 is 11.9 Å². The number of methoxy groups -OCH3 is 1. The standard InChI is InChI=1S/C13H17N3O3/c1-5-8(12(17)18)9-6-16(3)11-10(9)7(2)14-13(15-11)19-4/h6,8H,5H2,1-4H3,(H,17,18). The normalized spacial score (nSPS) is 12.6. The maximum atomic E-state index is 11.3. The Morgan fingerprint density at radius 3 is 2.74 bits per heavy atom. The van der Waals surface area contributed by atoms with Crippen LogP contribution in [-0.2, 0) is 11.8 Å². The summed E-state index contributed by atoms with van der Waals surface area (Å²) >= 11 is 0. The topological polar surface area (TPSA) is 77.2 Å². The zero-order valence-electron chi connectivity index (χ0n) is 11.5. The molecule has 1 atom stereocenters. The van der Waals surface area contributed by atoms with Gasteiger partial charge in [-0.1, -0.05) is 6.92 Å². The van der Waals surface area contributed by atoms with E-state index in [1.807, 2.05) is 31.7 Å². The van der Waals surface area contributed by atoms with Gasteiger partial charge in [-0.05, 0) is 18.9 Å². The molecule has 0 spiro atoms. The lowest BCUT2D eigenvalue weighted by Crippen LogP contribution is -2.10. The van der Waals surface area contributed by atoms with Crippen LogP contribution in [0.2, 0.25) is 0 Å². The molecule has 102 valence electrons. The molecule has 19 heavy (non-hydrogen) atoms. The molecule has 6 heteroatoms. The van der Waals surface area contributed by atoms with E-state index in [4.69, 9.17) is 4.74 Å². The summed E-state index contributed by atoms with van der Waals surface area (Å²) in [6, 6.07) is 0.293. The summed E-state index contributed by atoms with van der Waals surface area (Å²) < 4.78 is 6.86. The van der Waals surface area contributed by atoms with Gasteiger partial charge in [0, 0.05) is 18.6 Å². The molecular formula is C13H17N3O3. The number of hydrogen-bond acceptors (Lipinski definition) is 4. The summed E-state index contributed by atoms with van der Waals surface area (Å²) in [5.74, 6) is -1.37. The molecule has 1 N–H and O–H groups in total. The second-order valence-electron chi connectivity index (χ2n) is 4.49. The molecule has 0 saturated heterocycles. The van der Waals surface area contributed by atoms with Crippen LogP contribution >= 0.6 is 0 Å². The Labute approximate surface area is 111 Å². The van der Waals surface area contributed by atoms with Crippen molar-refractivity contribution < 1.29 is 14.6 Å². The predicted octanol–water partition coefficient (Wildman–Crippen LogP) is 1.86. The van der Waals surface area contributed by atoms with Crippen LogP contribution in [0.5, 0.6) is 6.01 Å². The van der Waals surface area contributed by atoms with E-state index in [9.17, 15) is 9.90 Å². The molecule has 0 amide bonds. The average molecular weight is 263 g/mol. The van der Waals surface area contributed by atoms with Crippen molar-refractivity contribution in [2.45, 2.75) is 26.2 Å². The number of carboxylic acid groups (broad SMARTS) is 1. The molecule has 0 aromatic carbocycles. The van der Waals surface area contributed by atoms with Gasteiger partial charge in [0.1, 0.15) is 5.65 Å². The Balaban J connectivity index is 2.74. The van der Waals surface area contributed by atoms with Crippen molar-refractivity contribution in [3.63, 3.8) is 0 Å². The summed E-state index contributed by atoms with van der Waals surface area (Å²) in [5, 5.41) is 10.1. The number of aliphatic carboxylic acids is 1. The van der Waals surface area contributed by atoms with Crippen LogP contribution < -0.4 is 4.74 Å². The van der Waals surface area contributed by atoms with E-state index in [0.29, 0.717) is 18.1 Å². The van der Waals surface area contributed by atoms with E-state index >= 15 is 0 Å². The second kappa shape index (κ2) is 4.87. The highest BCUT2D eigenvalue weighted by atomic mass is 16.5. The Kier molecular flexibility index (Phi) is 3.42. The van der Waals surface area contributed by atoms with Gasteiger partial charge in [-0.25, -0.2) is 0 Å². The summed E-state index contributed by atoms with van der Waals surface area (Å²) in [6.45, 7) is 3.70. The maximum absolute atomic E-state index is 11.3. The zero-order chi connectivity index (χ0) is 14.2. The van der Waals surface area contributed by atoms with Crippen LogP contribution in [0.1, 0.15) is 30.5 Å². The van der Waals surface area contributed by atoms with E-state index in [2.05, 4.69) is 9.97 Å². The van der Waals surface area contributed by atoms with Crippen molar-refractivity contribution >= 4 is 17.0 Å². The average Bonchev–Trinajstić information content (AvgIpc) is 2.68. The summed E-state index contributed by atoms with van der Waals surface area (Å²) in [7, 11) is 3.35. The Morgan fingerprint density at radius 2 is 2.21 bits per heavy atom. The molecule has 0 bridgehead atoms. The lowest BCUT2D eigenvalue weighted by Gasteiger charge is -2.09. The monoisotopic (exact) mass is 263 g/mol. The molecule has 0 aliphatic carbocycles. The third kappa shape index (κ3) is 2.14. The van der Waals surface area contributed by atoms with Gasteiger partial charge in [-0.3, -0.25) is 4.79 Å². The number of hydrogen-bond donors (Lipinski definition) is 1. The molecule has 0 aliphatic heterocycles. The molecular weight excluding hydrogens is 246 g/mol. The smallest absolute Gasteiger partial charge is 0.318 e. The summed E-state index contributed by atoms with van der Waals surface area (Å²) in [6.07, 6.45) is 2.34. The minimum atomic E-state index is -0.829. The third-order valence-corrected chi connectivity index (χ3v) is 3.27. The number of fused-ring (bicyclic) bond motifs is 1. The number of rotatable bonds is 4. The third-order valence-electron chi connectivity index (χ3n) is 3.27. The first-order chi connectivity index (χ1) is 8.99. The van der Waals surface area contributed by atoms with Crippen LogP contribution in [0.25, 0.3) is 11.0 Å². The molecule has 0 aliphatic rings. The van der Waals surface area contributed by atoms with Crippen LogP contribution in [0.3, 0.4) is 0 Å². The number of carbonyl (C=O) groups is 1. The number of carboxylic acids is 1. The van der Waals surface area contributed by atoms with Gasteiger partial charge in [0.2, 0.25) is 0 Å². The molecule has 2 heterocycles. The fourth-order valence-electron chi connectivity index (χ4n) is 2.34. The van der Waals surface area contributed by atoms with Crippen LogP contribution in [-0.4, -0.2) is 32.7 Å². The lowest BCUT2D eigenvalue weighted by molar-refractivity contribution is -0.138. The first-order valence-corrected chi connectivity index (χ1v) is 6.09. The summed E-state index contributed by atoms with van der Waals surface area (Å²) in [5.41, 5.74) is 2.18. The minimum Gasteiger partial charge on any atom is -0.481 e. The van der Waals surface area contributed by atoms with Gasteiger partial charge < -0.3 is 14.4 Å². The number of ether oxygens (including phenoxy) is 1. The SMILES string of the molecule is CCC(C(=O)O)c1cn(C)c2nc(OC)nc(C)c12. The van der Waals surface area contributed by atoms with Crippen molar-refractivity contribution in [1.29, 1.82) is 0 Å². The van der Waals surface area contributed by atoms with Crippen LogP contribution in [0, 0.1) is 6.92 Å². The van der Waals surface area contributed by atoms with Crippen molar-refractivity contribution in [3.8, 4) is 6.01 Å². The second-order valence-corrected chi connectivity index (χ2v) is 4.49. The Bertz CT molecular complexity index is 634. The fraction of sp³-hybridized carbons (Fsp3) is 0.462. The zero-order valence-corrected chi connectivity index (χ0v) is 11.5. The first kappa shape index (κ1) is 13.3. The van der Waals surface area contributed by atoms with E-state index in [0.717, 1.165) is 16.6 Å². The molecule has 2 aromatic heterocycles. The van der Waals surface area contributed by atoms with Crippen LogP contribution in [0.4, 0.5) is 0 Å². The maximum Gasteiger partial charge on any atom is 0.318 e. The fourth-order valence-corrected chi connectivity index (χ4v) is 2.34. The molecule has 2 rings (SSSR count). The molecule has 0 radical (unpaired) electrons.